The summed E-state index contributed by atoms with van der Waals surface area (Å²) in [6.07, 6.45) is 0. The third kappa shape index (κ3) is 2.70. The van der Waals surface area contributed by atoms with E-state index in [9.17, 15) is 10.1 Å². The Morgan fingerprint density at radius 3 is 2.50 bits per heavy atom. The smallest absolute Gasteiger partial charge is 0.314 e. The largest absolute Gasteiger partial charge is 0.375 e. The zero-order chi connectivity index (χ0) is 13.0. The molecule has 0 unspecified atom stereocenters. The van der Waals surface area contributed by atoms with Gasteiger partial charge in [-0.3, -0.25) is 10.1 Å². The molecule has 0 heterocycles. The van der Waals surface area contributed by atoms with Gasteiger partial charge in [0.05, 0.1) is 15.6 Å². The number of nitrogens with one attached hydrogen (secondary N) is 1. The molecule has 0 aromatic heterocycles. The lowest BCUT2D eigenvalue weighted by Crippen LogP contribution is -2.06. The lowest BCUT2D eigenvalue weighted by Gasteiger charge is -2.09. The van der Waals surface area contributed by atoms with E-state index in [0.29, 0.717) is 10.7 Å². The van der Waals surface area contributed by atoms with Gasteiger partial charge in [-0.1, -0.05) is 35.9 Å². The average Bonchev–Trinajstić information content (AvgIpc) is 2.38. The molecule has 2 rings (SSSR count). The van der Waals surface area contributed by atoms with Crippen LogP contribution < -0.4 is 10.3 Å². The zero-order valence-electron chi connectivity index (χ0n) is 9.17. The highest BCUT2D eigenvalue weighted by molar-refractivity contribution is 6.33. The van der Waals surface area contributed by atoms with Crippen LogP contribution in [-0.2, 0) is 0 Å². The minimum Gasteiger partial charge on any atom is -0.375 e. The first kappa shape index (κ1) is 12.2. The Morgan fingerprint density at radius 2 is 1.78 bits per heavy atom. The number of nitro benzene ring substituents is 1. The number of benzene rings is 2. The van der Waals surface area contributed by atoms with Gasteiger partial charge in [0.15, 0.2) is 0 Å². The number of halogens is 1. The van der Waals surface area contributed by atoms with Crippen LogP contribution in [0.2, 0.25) is 5.02 Å². The van der Waals surface area contributed by atoms with Crippen LogP contribution >= 0.6 is 11.6 Å². The second kappa shape index (κ2) is 5.37. The number of rotatable bonds is 4. The first-order chi connectivity index (χ1) is 8.68. The Balaban J connectivity index is 2.16. The Kier molecular flexibility index (Phi) is 3.64. The number of hydrogen-bond acceptors (Lipinski definition) is 4. The number of nitrogens with zero attached hydrogens (tertiary/aromatic N) is 1. The summed E-state index contributed by atoms with van der Waals surface area (Å²) in [6.45, 7) is 0. The molecule has 0 radical (unpaired) electrons. The summed E-state index contributed by atoms with van der Waals surface area (Å²) in [4.78, 5) is 15.5. The number of hydrogen-bond donors (Lipinski definition) is 1. The second-order valence-electron chi connectivity index (χ2n) is 3.41. The van der Waals surface area contributed by atoms with Crippen molar-refractivity contribution in [2.75, 3.05) is 5.48 Å². The number of anilines is 1. The number of para-hydroxylation sites is 3. The molecular weight excluding hydrogens is 256 g/mol. The molecule has 6 heteroatoms. The van der Waals surface area contributed by atoms with Crippen LogP contribution in [0.1, 0.15) is 0 Å². The van der Waals surface area contributed by atoms with Crippen LogP contribution in [0.15, 0.2) is 48.5 Å². The highest BCUT2D eigenvalue weighted by Gasteiger charge is 2.14. The Bertz CT molecular complexity index is 575. The summed E-state index contributed by atoms with van der Waals surface area (Å²) in [5.74, 6) is 0.127. The third-order valence-corrected chi connectivity index (χ3v) is 2.54. The quantitative estimate of drug-likeness (QED) is 0.676. The Hall–Kier alpha value is -2.27. The van der Waals surface area contributed by atoms with E-state index in [-0.39, 0.29) is 11.4 Å². The predicted molar refractivity (Wildman–Crippen MR) is 68.8 cm³/mol. The molecule has 0 spiro atoms. The van der Waals surface area contributed by atoms with Crippen LogP contribution in [0.25, 0.3) is 0 Å². The second-order valence-corrected chi connectivity index (χ2v) is 3.82. The van der Waals surface area contributed by atoms with E-state index in [0.717, 1.165) is 0 Å². The molecule has 0 aliphatic heterocycles. The molecule has 0 atom stereocenters. The van der Waals surface area contributed by atoms with E-state index in [2.05, 4.69) is 5.48 Å². The van der Waals surface area contributed by atoms with Gasteiger partial charge in [-0.2, -0.15) is 0 Å². The summed E-state index contributed by atoms with van der Waals surface area (Å²) in [5, 5.41) is 11.2. The molecule has 0 saturated heterocycles. The van der Waals surface area contributed by atoms with Crippen molar-refractivity contribution in [3.05, 3.63) is 63.7 Å². The predicted octanol–water partition coefficient (Wildman–Crippen LogP) is 3.65. The fourth-order valence-corrected chi connectivity index (χ4v) is 1.52. The van der Waals surface area contributed by atoms with Gasteiger partial charge in [-0.25, -0.2) is 5.48 Å². The van der Waals surface area contributed by atoms with E-state index in [1.807, 2.05) is 0 Å². The van der Waals surface area contributed by atoms with E-state index < -0.39 is 4.92 Å². The normalized spacial score (nSPS) is 9.83. The summed E-state index contributed by atoms with van der Waals surface area (Å²) < 4.78 is 0. The Morgan fingerprint density at radius 1 is 1.11 bits per heavy atom. The molecule has 0 bridgehead atoms. The van der Waals surface area contributed by atoms with Crippen LogP contribution in [0.4, 0.5) is 11.4 Å². The fraction of sp³-hybridized carbons (Fsp3) is 0. The van der Waals surface area contributed by atoms with Crippen molar-refractivity contribution in [2.45, 2.75) is 0 Å². The molecule has 92 valence electrons. The summed E-state index contributed by atoms with van der Waals surface area (Å²) in [7, 11) is 0. The SMILES string of the molecule is O=[N+]([O-])c1ccccc1ONc1ccccc1Cl. The monoisotopic (exact) mass is 264 g/mol. The lowest BCUT2D eigenvalue weighted by molar-refractivity contribution is -0.385. The van der Waals surface area contributed by atoms with Crippen molar-refractivity contribution < 1.29 is 9.76 Å². The minimum absolute atomic E-state index is 0.114. The van der Waals surface area contributed by atoms with Gasteiger partial charge in [-0.15, -0.1) is 0 Å². The average molecular weight is 265 g/mol. The highest BCUT2D eigenvalue weighted by atomic mass is 35.5. The molecule has 0 aliphatic rings. The molecule has 0 saturated carbocycles. The van der Waals surface area contributed by atoms with Crippen molar-refractivity contribution in [1.82, 2.24) is 0 Å². The first-order valence-corrected chi connectivity index (χ1v) is 5.47. The van der Waals surface area contributed by atoms with Crippen LogP contribution in [-0.4, -0.2) is 4.92 Å². The third-order valence-electron chi connectivity index (χ3n) is 2.21. The standard InChI is InChI=1S/C12H9ClN2O3/c13-9-5-1-2-6-10(9)14-18-12-8-4-3-7-11(12)15(16)17/h1-8,14H. The highest BCUT2D eigenvalue weighted by Crippen LogP contribution is 2.27. The van der Waals surface area contributed by atoms with Crippen LogP contribution in [0.3, 0.4) is 0 Å². The van der Waals surface area contributed by atoms with Gasteiger partial charge in [0.1, 0.15) is 0 Å². The molecule has 18 heavy (non-hydrogen) atoms. The Labute approximate surface area is 108 Å². The van der Waals surface area contributed by atoms with Gasteiger partial charge in [0.25, 0.3) is 0 Å². The number of nitro groups is 1. The van der Waals surface area contributed by atoms with Crippen molar-refractivity contribution >= 4 is 23.0 Å². The molecule has 5 nitrogen and oxygen atoms in total. The molecule has 0 amide bonds. The van der Waals surface area contributed by atoms with Gasteiger partial charge in [0, 0.05) is 6.07 Å². The maximum atomic E-state index is 10.8. The van der Waals surface area contributed by atoms with Crippen molar-refractivity contribution in [3.63, 3.8) is 0 Å². The first-order valence-electron chi connectivity index (χ1n) is 5.09. The van der Waals surface area contributed by atoms with E-state index >= 15 is 0 Å². The minimum atomic E-state index is -0.510. The molecule has 1 N–H and O–H groups in total. The van der Waals surface area contributed by atoms with E-state index in [4.69, 9.17) is 16.4 Å². The molecular formula is C12H9ClN2O3. The van der Waals surface area contributed by atoms with Gasteiger partial charge >= 0.3 is 5.69 Å². The zero-order valence-corrected chi connectivity index (χ0v) is 9.92. The maximum absolute atomic E-state index is 10.8. The van der Waals surface area contributed by atoms with Crippen LogP contribution in [0, 0.1) is 10.1 Å². The molecule has 0 fully saturated rings. The maximum Gasteiger partial charge on any atom is 0.314 e. The summed E-state index contributed by atoms with van der Waals surface area (Å²) >= 11 is 5.92. The molecule has 2 aromatic carbocycles. The van der Waals surface area contributed by atoms with Gasteiger partial charge in [0.2, 0.25) is 5.75 Å². The fourth-order valence-electron chi connectivity index (χ4n) is 1.35. The van der Waals surface area contributed by atoms with Crippen LogP contribution in [0.5, 0.6) is 5.75 Å². The van der Waals surface area contributed by atoms with E-state index in [1.54, 1.807) is 36.4 Å². The summed E-state index contributed by atoms with van der Waals surface area (Å²) in [6, 6.07) is 13.0. The summed E-state index contributed by atoms with van der Waals surface area (Å²) in [5.41, 5.74) is 3.01. The van der Waals surface area contributed by atoms with Crippen molar-refractivity contribution in [1.29, 1.82) is 0 Å². The van der Waals surface area contributed by atoms with Crippen molar-refractivity contribution in [2.24, 2.45) is 0 Å². The molecule has 0 aliphatic carbocycles. The lowest BCUT2D eigenvalue weighted by atomic mass is 10.3. The van der Waals surface area contributed by atoms with Crippen molar-refractivity contribution in [3.8, 4) is 5.75 Å². The van der Waals surface area contributed by atoms with Gasteiger partial charge < -0.3 is 4.84 Å². The van der Waals surface area contributed by atoms with Gasteiger partial charge in [-0.05, 0) is 18.2 Å². The topological polar surface area (TPSA) is 64.4 Å². The molecule has 2 aromatic rings. The van der Waals surface area contributed by atoms with E-state index in [1.165, 1.54) is 12.1 Å².